The first kappa shape index (κ1) is 25.2. The first-order valence-corrected chi connectivity index (χ1v) is 12.2. The van der Waals surface area contributed by atoms with E-state index in [0.717, 1.165) is 10.8 Å². The second kappa shape index (κ2) is 9.22. The van der Waals surface area contributed by atoms with E-state index >= 15 is 0 Å². The van der Waals surface area contributed by atoms with Crippen LogP contribution in [0, 0.1) is 5.92 Å². The summed E-state index contributed by atoms with van der Waals surface area (Å²) in [6.45, 7) is -1.64. The average molecular weight is 497 g/mol. The summed E-state index contributed by atoms with van der Waals surface area (Å²) in [4.78, 5) is 50.9. The maximum atomic E-state index is 11.9. The van der Waals surface area contributed by atoms with Gasteiger partial charge < -0.3 is 40.3 Å². The number of anilines is 1. The van der Waals surface area contributed by atoms with E-state index < -0.39 is 66.7 Å². The molecule has 2 unspecified atom stereocenters. The molecule has 30 heavy (non-hydrogen) atoms. The van der Waals surface area contributed by atoms with Gasteiger partial charge in [0.1, 0.15) is 11.9 Å². The molecule has 1 aromatic rings. The zero-order valence-corrected chi connectivity index (χ0v) is 17.3. The number of hydrogen-bond acceptors (Lipinski definition) is 12. The van der Waals surface area contributed by atoms with Crippen LogP contribution in [0.2, 0.25) is 0 Å². The lowest BCUT2D eigenvalue weighted by atomic mass is 9.99. The van der Waals surface area contributed by atoms with E-state index in [0.29, 0.717) is 0 Å². The SMILES string of the molecule is Nc1ccn([C@@H]2O[C@H](COP(=O)(O)OP(=O)(O)OP(=O)(O)O)[C@@H](CO)[C@H]2O)c(=O)n1. The number of aromatic nitrogens is 2. The molecule has 1 fully saturated rings. The number of aliphatic hydroxyl groups is 2. The lowest BCUT2D eigenvalue weighted by Crippen LogP contribution is -2.34. The molecule has 0 spiro atoms. The molecule has 0 bridgehead atoms. The van der Waals surface area contributed by atoms with Crippen LogP contribution in [0.25, 0.3) is 0 Å². The van der Waals surface area contributed by atoms with Gasteiger partial charge in [0.05, 0.1) is 19.3 Å². The highest BCUT2D eigenvalue weighted by molar-refractivity contribution is 7.66. The summed E-state index contributed by atoms with van der Waals surface area (Å²) in [5.41, 5.74) is 4.46. The number of nitrogen functional groups attached to an aromatic ring is 1. The Morgan fingerprint density at radius 3 is 2.33 bits per heavy atom. The second-order valence-corrected chi connectivity index (χ2v) is 10.3. The maximum absolute atomic E-state index is 11.9. The molecule has 1 aliphatic heterocycles. The second-order valence-electron chi connectivity index (χ2n) is 5.83. The number of rotatable bonds is 9. The van der Waals surface area contributed by atoms with E-state index in [1.54, 1.807) is 0 Å². The first-order chi connectivity index (χ1) is 13.6. The molecule has 17 nitrogen and oxygen atoms in total. The molecule has 2 rings (SSSR count). The van der Waals surface area contributed by atoms with Crippen molar-refractivity contribution in [3.63, 3.8) is 0 Å². The molecule has 8 N–H and O–H groups in total. The van der Waals surface area contributed by atoms with Gasteiger partial charge in [-0.25, -0.2) is 18.5 Å². The molecule has 2 heterocycles. The van der Waals surface area contributed by atoms with Crippen LogP contribution >= 0.6 is 23.5 Å². The Morgan fingerprint density at radius 2 is 1.80 bits per heavy atom. The molecule has 0 radical (unpaired) electrons. The highest BCUT2D eigenvalue weighted by Gasteiger charge is 2.47. The van der Waals surface area contributed by atoms with Gasteiger partial charge in [0, 0.05) is 12.1 Å². The number of ether oxygens (including phenoxy) is 1. The quantitative estimate of drug-likeness (QED) is 0.182. The number of phosphoric ester groups is 1. The van der Waals surface area contributed by atoms with Crippen LogP contribution in [-0.2, 0) is 31.6 Å². The zero-order chi connectivity index (χ0) is 22.9. The molecule has 1 aromatic heterocycles. The molecule has 172 valence electrons. The smallest absolute Gasteiger partial charge is 0.396 e. The van der Waals surface area contributed by atoms with Gasteiger partial charge in [-0.3, -0.25) is 9.09 Å². The van der Waals surface area contributed by atoms with Crippen molar-refractivity contribution >= 4 is 29.3 Å². The lowest BCUT2D eigenvalue weighted by molar-refractivity contribution is -0.0531. The third kappa shape index (κ3) is 6.73. The minimum absolute atomic E-state index is 0.105. The molecule has 1 saturated heterocycles. The Balaban J connectivity index is 2.10. The van der Waals surface area contributed by atoms with Crippen LogP contribution in [0.15, 0.2) is 17.1 Å². The molecule has 1 aliphatic rings. The molecule has 6 atom stereocenters. The summed E-state index contributed by atoms with van der Waals surface area (Å²) >= 11 is 0. The number of nitrogens with two attached hydrogens (primary N) is 1. The van der Waals surface area contributed by atoms with Gasteiger partial charge >= 0.3 is 29.2 Å². The van der Waals surface area contributed by atoms with Crippen molar-refractivity contribution in [2.45, 2.75) is 18.4 Å². The van der Waals surface area contributed by atoms with Crippen molar-refractivity contribution in [3.8, 4) is 0 Å². The van der Waals surface area contributed by atoms with Crippen molar-refractivity contribution in [2.24, 2.45) is 5.92 Å². The maximum Gasteiger partial charge on any atom is 0.490 e. The first-order valence-electron chi connectivity index (χ1n) is 7.71. The minimum atomic E-state index is -5.71. The Morgan fingerprint density at radius 1 is 1.17 bits per heavy atom. The standard InChI is InChI=1S/C10H18N3O14P3/c11-7-1-2-13(10(16)12-7)9-8(15)5(3-14)6(25-9)4-24-29(20,21)27-30(22,23)26-28(17,18)19/h1-2,5-6,8-9,14-15H,3-4H2,(H,20,21)(H,22,23)(H2,11,12,16)(H2,17,18,19)/t5-,6-,8-,9-/m1/s1. The lowest BCUT2D eigenvalue weighted by Gasteiger charge is -2.20. The highest BCUT2D eigenvalue weighted by Crippen LogP contribution is 2.66. The summed E-state index contributed by atoms with van der Waals surface area (Å²) in [6, 6.07) is 1.23. The zero-order valence-electron chi connectivity index (χ0n) is 14.6. The summed E-state index contributed by atoms with van der Waals surface area (Å²) in [6.07, 6.45) is -3.08. The predicted molar refractivity (Wildman–Crippen MR) is 93.2 cm³/mol. The number of phosphoric acid groups is 3. The predicted octanol–water partition coefficient (Wildman–Crippen LogP) is -1.96. The number of nitrogens with zero attached hydrogens (tertiary/aromatic N) is 2. The fraction of sp³-hybridized carbons (Fsp3) is 0.600. The van der Waals surface area contributed by atoms with Crippen molar-refractivity contribution in [3.05, 3.63) is 22.7 Å². The monoisotopic (exact) mass is 497 g/mol. The fourth-order valence-electron chi connectivity index (χ4n) is 2.50. The highest BCUT2D eigenvalue weighted by atomic mass is 31.3. The average Bonchev–Trinajstić information content (AvgIpc) is 2.85. The summed E-state index contributed by atoms with van der Waals surface area (Å²) < 4.78 is 51.4. The fourth-order valence-corrected chi connectivity index (χ4v) is 5.53. The van der Waals surface area contributed by atoms with E-state index in [1.165, 1.54) is 6.07 Å². The number of hydrogen-bond donors (Lipinski definition) is 7. The van der Waals surface area contributed by atoms with E-state index in [1.807, 2.05) is 0 Å². The van der Waals surface area contributed by atoms with E-state index in [2.05, 4.69) is 18.1 Å². The summed E-state index contributed by atoms with van der Waals surface area (Å²) in [7, 11) is -16.7. The topological polar surface area (TPSA) is 270 Å². The molecular formula is C10H18N3O14P3. The van der Waals surface area contributed by atoms with Crippen LogP contribution < -0.4 is 11.4 Å². The molecule has 20 heteroatoms. The Hall–Kier alpha value is -1.03. The van der Waals surface area contributed by atoms with Gasteiger partial charge in [0.25, 0.3) is 0 Å². The largest absolute Gasteiger partial charge is 0.490 e. The van der Waals surface area contributed by atoms with Gasteiger partial charge in [0.2, 0.25) is 0 Å². The minimum Gasteiger partial charge on any atom is -0.396 e. The Kier molecular flexibility index (Phi) is 7.76. The number of aliphatic hydroxyl groups excluding tert-OH is 2. The van der Waals surface area contributed by atoms with Crippen LogP contribution in [-0.4, -0.2) is 64.8 Å². The van der Waals surface area contributed by atoms with Crippen LogP contribution in [0.5, 0.6) is 0 Å². The van der Waals surface area contributed by atoms with Crippen LogP contribution in [0.3, 0.4) is 0 Å². The summed E-state index contributed by atoms with van der Waals surface area (Å²) in [5, 5.41) is 19.8. The van der Waals surface area contributed by atoms with Crippen LogP contribution in [0.4, 0.5) is 5.82 Å². The van der Waals surface area contributed by atoms with Gasteiger partial charge in [-0.05, 0) is 6.07 Å². The van der Waals surface area contributed by atoms with Crippen molar-refractivity contribution in [1.29, 1.82) is 0 Å². The van der Waals surface area contributed by atoms with E-state index in [-0.39, 0.29) is 5.82 Å². The van der Waals surface area contributed by atoms with Gasteiger partial charge in [0.15, 0.2) is 6.23 Å². The summed E-state index contributed by atoms with van der Waals surface area (Å²) in [5.74, 6) is -1.25. The third-order valence-electron chi connectivity index (χ3n) is 3.68. The molecule has 0 amide bonds. The molecule has 0 aliphatic carbocycles. The van der Waals surface area contributed by atoms with Gasteiger partial charge in [-0.1, -0.05) is 0 Å². The molecular weight excluding hydrogens is 479 g/mol. The Bertz CT molecular complexity index is 963. The Labute approximate surface area is 167 Å². The van der Waals surface area contributed by atoms with Crippen molar-refractivity contribution in [1.82, 2.24) is 9.55 Å². The molecule has 0 aromatic carbocycles. The third-order valence-corrected chi connectivity index (χ3v) is 7.48. The van der Waals surface area contributed by atoms with Crippen LogP contribution in [0.1, 0.15) is 6.23 Å². The van der Waals surface area contributed by atoms with E-state index in [9.17, 15) is 33.6 Å². The van der Waals surface area contributed by atoms with E-state index in [4.69, 9.17) is 25.2 Å². The normalized spacial score (nSPS) is 28.7. The van der Waals surface area contributed by atoms with Gasteiger partial charge in [-0.2, -0.15) is 13.6 Å². The van der Waals surface area contributed by atoms with Gasteiger partial charge in [-0.15, -0.1) is 0 Å². The van der Waals surface area contributed by atoms with Crippen molar-refractivity contribution < 1.29 is 61.4 Å². The van der Waals surface area contributed by atoms with Crippen molar-refractivity contribution in [2.75, 3.05) is 18.9 Å². The molecule has 0 saturated carbocycles.